The van der Waals surface area contributed by atoms with Crippen LogP contribution in [0.3, 0.4) is 0 Å². The van der Waals surface area contributed by atoms with Gasteiger partial charge >= 0.3 is 17.9 Å². The maximum absolute atomic E-state index is 12.8. The maximum atomic E-state index is 12.8. The van der Waals surface area contributed by atoms with Gasteiger partial charge in [0.15, 0.2) is 6.10 Å². The van der Waals surface area contributed by atoms with Crippen molar-refractivity contribution in [2.75, 3.05) is 47.5 Å². The molecule has 0 bridgehead atoms. The van der Waals surface area contributed by atoms with Crippen LogP contribution in [-0.4, -0.2) is 87.4 Å². The molecule has 0 spiro atoms. The van der Waals surface area contributed by atoms with Crippen molar-refractivity contribution in [3.05, 3.63) is 24.3 Å². The lowest BCUT2D eigenvalue weighted by Gasteiger charge is -2.25. The van der Waals surface area contributed by atoms with Gasteiger partial charge in [-0.1, -0.05) is 218 Å². The fourth-order valence-electron chi connectivity index (χ4n) is 7.75. The fourth-order valence-corrected chi connectivity index (χ4v) is 7.75. The molecule has 0 aromatic heterocycles. The molecule has 0 aliphatic carbocycles. The normalized spacial score (nSPS) is 13.0. The first kappa shape index (κ1) is 61.8. The molecule has 0 radical (unpaired) electrons. The van der Waals surface area contributed by atoms with E-state index in [2.05, 4.69) is 38.2 Å². The van der Waals surface area contributed by atoms with Crippen molar-refractivity contribution in [2.24, 2.45) is 0 Å². The fraction of sp³-hybridized carbons (Fsp3) is 0.873. The van der Waals surface area contributed by atoms with Crippen molar-refractivity contribution < 1.29 is 42.9 Å². The summed E-state index contributed by atoms with van der Waals surface area (Å²) >= 11 is 0. The number of hydrogen-bond acceptors (Lipinski definition) is 7. The molecule has 376 valence electrons. The number of rotatable bonds is 50. The van der Waals surface area contributed by atoms with Gasteiger partial charge in [0.05, 0.1) is 34.4 Å². The number of aliphatic carboxylic acids is 1. The van der Waals surface area contributed by atoms with Crippen molar-refractivity contribution in [2.45, 2.75) is 264 Å². The molecule has 9 heteroatoms. The summed E-state index contributed by atoms with van der Waals surface area (Å²) in [5.41, 5.74) is 0. The first-order chi connectivity index (χ1) is 31.1. The lowest BCUT2D eigenvalue weighted by atomic mass is 10.0. The smallest absolute Gasteiger partial charge is 0.361 e. The summed E-state index contributed by atoms with van der Waals surface area (Å²) in [6.45, 7) is 4.89. The Kier molecular flexibility index (Phi) is 45.6. The molecule has 0 aliphatic rings. The van der Waals surface area contributed by atoms with Crippen molar-refractivity contribution >= 4 is 17.9 Å². The highest BCUT2D eigenvalue weighted by Gasteiger charge is 2.25. The Hall–Kier alpha value is -2.23. The molecule has 0 aromatic rings. The van der Waals surface area contributed by atoms with Crippen LogP contribution < -0.4 is 0 Å². The van der Waals surface area contributed by atoms with E-state index in [1.165, 1.54) is 167 Å². The Morgan fingerprint density at radius 3 is 1.25 bits per heavy atom. The minimum Gasteiger partial charge on any atom is -0.477 e. The Bertz CT molecular complexity index is 1100. The topological polar surface area (TPSA) is 108 Å². The average molecular weight is 907 g/mol. The highest BCUT2D eigenvalue weighted by molar-refractivity contribution is 5.71. The average Bonchev–Trinajstić information content (AvgIpc) is 3.26. The largest absolute Gasteiger partial charge is 0.477 e. The van der Waals surface area contributed by atoms with E-state index in [4.69, 9.17) is 18.9 Å². The number of esters is 2. The van der Waals surface area contributed by atoms with Crippen LogP contribution in [0.4, 0.5) is 0 Å². The summed E-state index contributed by atoms with van der Waals surface area (Å²) < 4.78 is 22.8. The van der Waals surface area contributed by atoms with Crippen LogP contribution in [0.1, 0.15) is 251 Å². The number of quaternary nitrogens is 1. The van der Waals surface area contributed by atoms with Gasteiger partial charge in [0.25, 0.3) is 6.29 Å². The van der Waals surface area contributed by atoms with Gasteiger partial charge in [-0.25, -0.2) is 4.79 Å². The Labute approximate surface area is 395 Å². The molecule has 0 heterocycles. The van der Waals surface area contributed by atoms with Crippen LogP contribution in [0.25, 0.3) is 0 Å². The number of ether oxygens (including phenoxy) is 4. The molecule has 0 rings (SSSR count). The predicted octanol–water partition coefficient (Wildman–Crippen LogP) is 15.2. The van der Waals surface area contributed by atoms with Gasteiger partial charge < -0.3 is 28.5 Å². The number of carboxylic acids is 1. The zero-order valence-electron chi connectivity index (χ0n) is 42.7. The van der Waals surface area contributed by atoms with E-state index in [1.807, 2.05) is 21.1 Å². The van der Waals surface area contributed by atoms with E-state index in [9.17, 15) is 19.5 Å². The first-order valence-electron chi connectivity index (χ1n) is 27.0. The molecule has 2 atom stereocenters. The zero-order valence-corrected chi connectivity index (χ0v) is 42.7. The number of unbranched alkanes of at least 4 members (excludes halogenated alkanes) is 31. The van der Waals surface area contributed by atoms with Gasteiger partial charge in [-0.15, -0.1) is 0 Å². The third-order valence-corrected chi connectivity index (χ3v) is 12.0. The standard InChI is InChI=1S/C55H103NO8/c1-6-8-10-12-14-16-18-20-22-24-26-27-28-30-31-33-35-37-39-41-43-45-52(57)62-49-51(50-63-55(54(59)60)61-48-47-56(3,4)5)64-53(58)46-44-42-40-38-36-34-32-29-25-23-21-19-17-15-13-11-9-7-2/h17,19,23,25,51,55H,6-16,18,20-22,24,26-50H2,1-5H3/p+1/b19-17-,25-23-. The Morgan fingerprint density at radius 1 is 0.469 bits per heavy atom. The van der Waals surface area contributed by atoms with Crippen LogP contribution in [-0.2, 0) is 33.3 Å². The SMILES string of the molecule is CCCCCC/C=C\C/C=C\CCCCCCCCCC(=O)OC(COC(=O)CCCCCCCCCCCCCCCCCCCCCCC)COC(OCC[N+](C)(C)C)C(=O)O. The summed E-state index contributed by atoms with van der Waals surface area (Å²) in [5, 5.41) is 9.68. The summed E-state index contributed by atoms with van der Waals surface area (Å²) in [7, 11) is 5.97. The number of likely N-dealkylation sites (N-methyl/N-ethyl adjacent to an activating group) is 1. The van der Waals surface area contributed by atoms with E-state index >= 15 is 0 Å². The second kappa shape index (κ2) is 47.3. The zero-order chi connectivity index (χ0) is 47.0. The highest BCUT2D eigenvalue weighted by Crippen LogP contribution is 2.17. The molecule has 0 saturated heterocycles. The molecule has 9 nitrogen and oxygen atoms in total. The van der Waals surface area contributed by atoms with Gasteiger partial charge in [-0.05, 0) is 44.9 Å². The molecular weight excluding hydrogens is 803 g/mol. The summed E-state index contributed by atoms with van der Waals surface area (Å²) in [4.78, 5) is 37.3. The van der Waals surface area contributed by atoms with Crippen LogP contribution >= 0.6 is 0 Å². The van der Waals surface area contributed by atoms with Crippen LogP contribution in [0.5, 0.6) is 0 Å². The van der Waals surface area contributed by atoms with Gasteiger partial charge in [0, 0.05) is 12.8 Å². The van der Waals surface area contributed by atoms with E-state index in [-0.39, 0.29) is 32.2 Å². The molecule has 0 aliphatic heterocycles. The third kappa shape index (κ3) is 47.7. The molecule has 0 amide bonds. The number of carboxylic acid groups (broad SMARTS) is 1. The molecule has 0 fully saturated rings. The van der Waals surface area contributed by atoms with Gasteiger partial charge in [0.2, 0.25) is 0 Å². The van der Waals surface area contributed by atoms with Crippen LogP contribution in [0.2, 0.25) is 0 Å². The molecule has 0 aromatic carbocycles. The van der Waals surface area contributed by atoms with Gasteiger partial charge in [-0.2, -0.15) is 0 Å². The minimum absolute atomic E-state index is 0.180. The number of nitrogens with zero attached hydrogens (tertiary/aromatic N) is 1. The van der Waals surface area contributed by atoms with E-state index < -0.39 is 24.3 Å². The van der Waals surface area contributed by atoms with E-state index in [0.29, 0.717) is 23.9 Å². The van der Waals surface area contributed by atoms with Crippen molar-refractivity contribution in [3.8, 4) is 0 Å². The summed E-state index contributed by atoms with van der Waals surface area (Å²) in [5.74, 6) is -2.00. The molecular formula is C55H104NO8+. The second-order valence-electron chi connectivity index (χ2n) is 19.5. The lowest BCUT2D eigenvalue weighted by Crippen LogP contribution is -2.40. The maximum Gasteiger partial charge on any atom is 0.361 e. The van der Waals surface area contributed by atoms with E-state index in [1.54, 1.807) is 0 Å². The monoisotopic (exact) mass is 907 g/mol. The second-order valence-corrected chi connectivity index (χ2v) is 19.5. The Morgan fingerprint density at radius 2 is 0.844 bits per heavy atom. The predicted molar refractivity (Wildman–Crippen MR) is 268 cm³/mol. The van der Waals surface area contributed by atoms with Crippen LogP contribution in [0, 0.1) is 0 Å². The Balaban J connectivity index is 4.28. The molecule has 1 N–H and O–H groups in total. The van der Waals surface area contributed by atoms with Gasteiger partial charge in [0.1, 0.15) is 13.2 Å². The number of allylic oxidation sites excluding steroid dienone is 4. The third-order valence-electron chi connectivity index (χ3n) is 12.0. The quantitative estimate of drug-likeness (QED) is 0.0211. The molecule has 64 heavy (non-hydrogen) atoms. The number of hydrogen-bond donors (Lipinski definition) is 1. The van der Waals surface area contributed by atoms with Crippen molar-refractivity contribution in [3.63, 3.8) is 0 Å². The van der Waals surface area contributed by atoms with Crippen molar-refractivity contribution in [1.82, 2.24) is 0 Å². The van der Waals surface area contributed by atoms with E-state index in [0.717, 1.165) is 51.4 Å². The minimum atomic E-state index is -1.51. The molecule has 2 unspecified atom stereocenters. The number of carbonyl (C=O) groups is 3. The highest BCUT2D eigenvalue weighted by atomic mass is 16.7. The van der Waals surface area contributed by atoms with Gasteiger partial charge in [-0.3, -0.25) is 9.59 Å². The van der Waals surface area contributed by atoms with Crippen LogP contribution in [0.15, 0.2) is 24.3 Å². The lowest BCUT2D eigenvalue weighted by molar-refractivity contribution is -0.870. The summed E-state index contributed by atoms with van der Waals surface area (Å²) in [6.07, 6.45) is 51.0. The summed E-state index contributed by atoms with van der Waals surface area (Å²) in [6, 6.07) is 0. The van der Waals surface area contributed by atoms with Crippen molar-refractivity contribution in [1.29, 1.82) is 0 Å². The number of carbonyl (C=O) groups excluding carboxylic acids is 2. The first-order valence-corrected chi connectivity index (χ1v) is 27.0. The molecule has 0 saturated carbocycles.